The van der Waals surface area contributed by atoms with Gasteiger partial charge in [0.05, 0.1) is 13.3 Å². The molecule has 0 aliphatic carbocycles. The molecule has 0 radical (unpaired) electrons. The molecular formula is C13H14N2O2S. The normalized spacial score (nSPS) is 10.1. The first kappa shape index (κ1) is 12.6. The predicted molar refractivity (Wildman–Crippen MR) is 72.0 cm³/mol. The molecule has 2 aromatic rings. The van der Waals surface area contributed by atoms with Crippen LogP contribution >= 0.6 is 11.3 Å². The number of esters is 1. The molecule has 0 amide bonds. The predicted octanol–water partition coefficient (Wildman–Crippen LogP) is 2.57. The van der Waals surface area contributed by atoms with E-state index >= 15 is 0 Å². The molecule has 4 nitrogen and oxygen atoms in total. The number of hydrogen-bond donors (Lipinski definition) is 0. The Labute approximate surface area is 110 Å². The van der Waals surface area contributed by atoms with Crippen molar-refractivity contribution in [2.75, 3.05) is 19.1 Å². The van der Waals surface area contributed by atoms with Crippen LogP contribution in [0.15, 0.2) is 36.5 Å². The monoisotopic (exact) mass is 262 g/mol. The smallest absolute Gasteiger partial charge is 0.349 e. The van der Waals surface area contributed by atoms with Gasteiger partial charge in [-0.25, -0.2) is 9.78 Å². The topological polar surface area (TPSA) is 42.4 Å². The number of rotatable bonds is 4. The van der Waals surface area contributed by atoms with Gasteiger partial charge in [0.25, 0.3) is 0 Å². The summed E-state index contributed by atoms with van der Waals surface area (Å²) >= 11 is 1.33. The lowest BCUT2D eigenvalue weighted by atomic mass is 10.2. The fraction of sp³-hybridized carbons (Fsp3) is 0.231. The third-order valence-electron chi connectivity index (χ3n) is 2.47. The second kappa shape index (κ2) is 5.64. The Balaban J connectivity index is 2.07. The van der Waals surface area contributed by atoms with Crippen molar-refractivity contribution >= 4 is 22.4 Å². The molecule has 0 fully saturated rings. The lowest BCUT2D eigenvalue weighted by molar-refractivity contribution is 0.0606. The van der Waals surface area contributed by atoms with Crippen LogP contribution in [0.25, 0.3) is 0 Å². The lowest BCUT2D eigenvalue weighted by Gasteiger charge is -2.15. The van der Waals surface area contributed by atoms with Crippen molar-refractivity contribution in [1.29, 1.82) is 0 Å². The van der Waals surface area contributed by atoms with E-state index in [1.54, 1.807) is 6.20 Å². The Morgan fingerprint density at radius 1 is 1.39 bits per heavy atom. The summed E-state index contributed by atoms with van der Waals surface area (Å²) in [6, 6.07) is 10.1. The number of anilines is 1. The van der Waals surface area contributed by atoms with Crippen molar-refractivity contribution in [3.63, 3.8) is 0 Å². The molecule has 0 spiro atoms. The summed E-state index contributed by atoms with van der Waals surface area (Å²) < 4.78 is 4.66. The molecule has 0 atom stereocenters. The van der Waals surface area contributed by atoms with Crippen molar-refractivity contribution < 1.29 is 9.53 Å². The van der Waals surface area contributed by atoms with E-state index in [1.165, 1.54) is 24.0 Å². The van der Waals surface area contributed by atoms with E-state index in [1.807, 2.05) is 30.1 Å². The van der Waals surface area contributed by atoms with Crippen molar-refractivity contribution in [3.05, 3.63) is 47.0 Å². The van der Waals surface area contributed by atoms with Gasteiger partial charge in [-0.2, -0.15) is 0 Å². The number of methoxy groups -OCH3 is 1. The SMILES string of the molecule is COC(=O)c1cnc(N(C)Cc2ccccc2)s1. The zero-order valence-electron chi connectivity index (χ0n) is 10.3. The second-order valence-electron chi connectivity index (χ2n) is 3.84. The van der Waals surface area contributed by atoms with Gasteiger partial charge in [0, 0.05) is 13.6 Å². The third-order valence-corrected chi connectivity index (χ3v) is 3.56. The molecule has 0 unspecified atom stereocenters. The van der Waals surface area contributed by atoms with Crippen LogP contribution in [0.1, 0.15) is 15.2 Å². The molecule has 2 rings (SSSR count). The van der Waals surface area contributed by atoms with Gasteiger partial charge in [0.15, 0.2) is 5.13 Å². The minimum atomic E-state index is -0.341. The number of ether oxygens (including phenoxy) is 1. The van der Waals surface area contributed by atoms with Crippen molar-refractivity contribution in [3.8, 4) is 0 Å². The maximum absolute atomic E-state index is 11.3. The highest BCUT2D eigenvalue weighted by Crippen LogP contribution is 2.23. The lowest BCUT2D eigenvalue weighted by Crippen LogP contribution is -2.15. The van der Waals surface area contributed by atoms with E-state index in [0.717, 1.165) is 11.7 Å². The molecule has 0 aliphatic heterocycles. The van der Waals surface area contributed by atoms with Crippen LogP contribution in [0.4, 0.5) is 5.13 Å². The zero-order chi connectivity index (χ0) is 13.0. The summed E-state index contributed by atoms with van der Waals surface area (Å²) in [6.45, 7) is 0.759. The minimum absolute atomic E-state index is 0.341. The van der Waals surface area contributed by atoms with E-state index in [-0.39, 0.29) is 5.97 Å². The Hall–Kier alpha value is -1.88. The van der Waals surface area contributed by atoms with Gasteiger partial charge >= 0.3 is 5.97 Å². The van der Waals surface area contributed by atoms with E-state index < -0.39 is 0 Å². The summed E-state index contributed by atoms with van der Waals surface area (Å²) in [4.78, 5) is 18.1. The molecular weight excluding hydrogens is 248 g/mol. The molecule has 94 valence electrons. The summed E-state index contributed by atoms with van der Waals surface area (Å²) in [5.74, 6) is -0.341. The Morgan fingerprint density at radius 2 is 2.11 bits per heavy atom. The minimum Gasteiger partial charge on any atom is -0.465 e. The van der Waals surface area contributed by atoms with Gasteiger partial charge < -0.3 is 9.64 Å². The summed E-state index contributed by atoms with van der Waals surface area (Å²) in [6.07, 6.45) is 1.55. The largest absolute Gasteiger partial charge is 0.465 e. The highest BCUT2D eigenvalue weighted by Gasteiger charge is 2.13. The summed E-state index contributed by atoms with van der Waals surface area (Å²) in [7, 11) is 3.32. The number of aromatic nitrogens is 1. The second-order valence-corrected chi connectivity index (χ2v) is 4.85. The van der Waals surface area contributed by atoms with Crippen molar-refractivity contribution in [1.82, 2.24) is 4.98 Å². The number of carbonyl (C=O) groups is 1. The first-order valence-corrected chi connectivity index (χ1v) is 6.31. The number of hydrogen-bond acceptors (Lipinski definition) is 5. The van der Waals surface area contributed by atoms with Gasteiger partial charge in [0.2, 0.25) is 0 Å². The molecule has 18 heavy (non-hydrogen) atoms. The first-order valence-electron chi connectivity index (χ1n) is 5.50. The summed E-state index contributed by atoms with van der Waals surface area (Å²) in [5, 5.41) is 0.805. The van der Waals surface area contributed by atoms with E-state index in [9.17, 15) is 4.79 Å². The average molecular weight is 262 g/mol. The van der Waals surface area contributed by atoms with Gasteiger partial charge in [-0.05, 0) is 5.56 Å². The third kappa shape index (κ3) is 2.87. The number of benzene rings is 1. The number of carbonyl (C=O) groups excluding carboxylic acids is 1. The molecule has 0 saturated heterocycles. The number of nitrogens with zero attached hydrogens (tertiary/aromatic N) is 2. The quantitative estimate of drug-likeness (QED) is 0.794. The maximum atomic E-state index is 11.3. The first-order chi connectivity index (χ1) is 8.70. The van der Waals surface area contributed by atoms with Gasteiger partial charge in [-0.15, -0.1) is 0 Å². The number of thiazole rings is 1. The van der Waals surface area contributed by atoms with E-state index in [4.69, 9.17) is 0 Å². The van der Waals surface area contributed by atoms with Crippen LogP contribution in [0.5, 0.6) is 0 Å². The molecule has 0 aliphatic rings. The molecule has 0 saturated carbocycles. The zero-order valence-corrected chi connectivity index (χ0v) is 11.1. The van der Waals surface area contributed by atoms with Crippen LogP contribution in [-0.4, -0.2) is 25.1 Å². The molecule has 1 aromatic carbocycles. The van der Waals surface area contributed by atoms with Crippen LogP contribution in [0, 0.1) is 0 Å². The Morgan fingerprint density at radius 3 is 2.78 bits per heavy atom. The fourth-order valence-corrected chi connectivity index (χ4v) is 2.36. The Kier molecular flexibility index (Phi) is 3.94. The van der Waals surface area contributed by atoms with E-state index in [0.29, 0.717) is 4.88 Å². The Bertz CT molecular complexity index is 525. The molecule has 5 heteroatoms. The molecule has 0 N–H and O–H groups in total. The maximum Gasteiger partial charge on any atom is 0.349 e. The average Bonchev–Trinajstić information content (AvgIpc) is 2.88. The van der Waals surface area contributed by atoms with Crippen LogP contribution in [0.2, 0.25) is 0 Å². The molecule has 1 aromatic heterocycles. The van der Waals surface area contributed by atoms with Crippen molar-refractivity contribution in [2.45, 2.75) is 6.54 Å². The van der Waals surface area contributed by atoms with E-state index in [2.05, 4.69) is 21.9 Å². The van der Waals surface area contributed by atoms with Crippen LogP contribution in [0.3, 0.4) is 0 Å². The highest BCUT2D eigenvalue weighted by atomic mass is 32.1. The van der Waals surface area contributed by atoms with Gasteiger partial charge in [0.1, 0.15) is 4.88 Å². The highest BCUT2D eigenvalue weighted by molar-refractivity contribution is 7.17. The van der Waals surface area contributed by atoms with Gasteiger partial charge in [-0.1, -0.05) is 41.7 Å². The standard InChI is InChI=1S/C13H14N2O2S/c1-15(9-10-6-4-3-5-7-10)13-14-8-11(18-13)12(16)17-2/h3-8H,9H2,1-2H3. The fourth-order valence-electron chi connectivity index (χ4n) is 1.56. The molecule has 0 bridgehead atoms. The van der Waals surface area contributed by atoms with Gasteiger partial charge in [-0.3, -0.25) is 0 Å². The summed E-state index contributed by atoms with van der Waals surface area (Å²) in [5.41, 5.74) is 1.20. The van der Waals surface area contributed by atoms with Crippen molar-refractivity contribution in [2.24, 2.45) is 0 Å². The van der Waals surface area contributed by atoms with Crippen LogP contribution < -0.4 is 4.90 Å². The van der Waals surface area contributed by atoms with Crippen LogP contribution in [-0.2, 0) is 11.3 Å². The molecule has 1 heterocycles.